The van der Waals surface area contributed by atoms with Crippen molar-refractivity contribution in [1.82, 2.24) is 25.5 Å². The van der Waals surface area contributed by atoms with Gasteiger partial charge in [0.15, 0.2) is 5.82 Å². The Balaban J connectivity index is 1.87. The maximum Gasteiger partial charge on any atom is 0.165 e. The van der Waals surface area contributed by atoms with Gasteiger partial charge in [-0.3, -0.25) is 0 Å². The summed E-state index contributed by atoms with van der Waals surface area (Å²) in [6, 6.07) is 0.373. The molecule has 17 heavy (non-hydrogen) atoms. The van der Waals surface area contributed by atoms with Gasteiger partial charge in [-0.1, -0.05) is 0 Å². The largest absolute Gasteiger partial charge is 0.383 e. The van der Waals surface area contributed by atoms with Crippen LogP contribution >= 0.6 is 0 Å². The molecule has 7 heteroatoms. The average molecular weight is 241 g/mol. The molecule has 1 aromatic heterocycles. The van der Waals surface area contributed by atoms with Crippen molar-refractivity contribution >= 4 is 0 Å². The Bertz CT molecular complexity index is 324. The van der Waals surface area contributed by atoms with Gasteiger partial charge in [0.1, 0.15) is 0 Å². The van der Waals surface area contributed by atoms with Crippen molar-refractivity contribution in [3.63, 3.8) is 0 Å². The minimum atomic E-state index is 0.373. The molecule has 7 nitrogen and oxygen atoms in total. The number of hydrogen-bond acceptors (Lipinski definition) is 6. The van der Waals surface area contributed by atoms with Crippen molar-refractivity contribution in [3.05, 3.63) is 5.82 Å². The summed E-state index contributed by atoms with van der Waals surface area (Å²) in [5.74, 6) is 0.882. The standard InChI is InChI=1S/C10H19N5O2/c1-16-7-4-11-8-10-12-13-14-15(10)9-2-5-17-6-3-9/h9,11H,2-8H2,1H3. The molecule has 0 aliphatic carbocycles. The second-order valence-corrected chi connectivity index (χ2v) is 4.05. The summed E-state index contributed by atoms with van der Waals surface area (Å²) in [6.45, 7) is 3.76. The smallest absolute Gasteiger partial charge is 0.165 e. The molecule has 0 amide bonds. The number of hydrogen-bond donors (Lipinski definition) is 1. The van der Waals surface area contributed by atoms with Gasteiger partial charge in [0, 0.05) is 26.9 Å². The fraction of sp³-hybridized carbons (Fsp3) is 0.900. The van der Waals surface area contributed by atoms with E-state index >= 15 is 0 Å². The van der Waals surface area contributed by atoms with Gasteiger partial charge in [-0.15, -0.1) is 5.10 Å². The van der Waals surface area contributed by atoms with E-state index in [-0.39, 0.29) is 0 Å². The minimum Gasteiger partial charge on any atom is -0.383 e. The maximum absolute atomic E-state index is 5.34. The summed E-state index contributed by atoms with van der Waals surface area (Å²) in [6.07, 6.45) is 1.96. The van der Waals surface area contributed by atoms with Gasteiger partial charge in [0.25, 0.3) is 0 Å². The number of rotatable bonds is 6. The van der Waals surface area contributed by atoms with Gasteiger partial charge < -0.3 is 14.8 Å². The highest BCUT2D eigenvalue weighted by molar-refractivity contribution is 4.84. The Morgan fingerprint density at radius 1 is 1.47 bits per heavy atom. The van der Waals surface area contributed by atoms with E-state index in [4.69, 9.17) is 9.47 Å². The summed E-state index contributed by atoms with van der Waals surface area (Å²) >= 11 is 0. The van der Waals surface area contributed by atoms with Crippen LogP contribution in [0.1, 0.15) is 24.7 Å². The van der Waals surface area contributed by atoms with Crippen LogP contribution < -0.4 is 5.32 Å². The molecule has 0 atom stereocenters. The van der Waals surface area contributed by atoms with E-state index in [2.05, 4.69) is 20.8 Å². The molecular weight excluding hydrogens is 222 g/mol. The molecule has 0 unspecified atom stereocenters. The van der Waals surface area contributed by atoms with E-state index in [1.54, 1.807) is 7.11 Å². The lowest BCUT2D eigenvalue weighted by molar-refractivity contribution is 0.0647. The molecular formula is C10H19N5O2. The third-order valence-corrected chi connectivity index (χ3v) is 2.86. The molecule has 0 spiro atoms. The summed E-state index contributed by atoms with van der Waals surface area (Å²) in [4.78, 5) is 0. The molecule has 2 rings (SSSR count). The SMILES string of the molecule is COCCNCc1nnnn1C1CCOCC1. The van der Waals surface area contributed by atoms with E-state index < -0.39 is 0 Å². The van der Waals surface area contributed by atoms with Crippen LogP contribution in [0.15, 0.2) is 0 Å². The van der Waals surface area contributed by atoms with Crippen molar-refractivity contribution < 1.29 is 9.47 Å². The van der Waals surface area contributed by atoms with Gasteiger partial charge in [-0.2, -0.15) is 0 Å². The monoisotopic (exact) mass is 241 g/mol. The zero-order valence-electron chi connectivity index (χ0n) is 10.1. The van der Waals surface area contributed by atoms with Crippen LogP contribution in [0.2, 0.25) is 0 Å². The first kappa shape index (κ1) is 12.4. The zero-order valence-corrected chi connectivity index (χ0v) is 10.1. The fourth-order valence-electron chi connectivity index (χ4n) is 1.92. The average Bonchev–Trinajstić information content (AvgIpc) is 2.84. The second-order valence-electron chi connectivity index (χ2n) is 4.05. The predicted molar refractivity (Wildman–Crippen MR) is 60.5 cm³/mol. The molecule has 1 N–H and O–H groups in total. The number of nitrogens with one attached hydrogen (secondary N) is 1. The molecule has 0 radical (unpaired) electrons. The van der Waals surface area contributed by atoms with Gasteiger partial charge in [-0.25, -0.2) is 4.68 Å². The third kappa shape index (κ3) is 3.45. The molecule has 2 heterocycles. The highest BCUT2D eigenvalue weighted by Gasteiger charge is 2.19. The lowest BCUT2D eigenvalue weighted by Gasteiger charge is -2.22. The van der Waals surface area contributed by atoms with Crippen LogP contribution in [0.4, 0.5) is 0 Å². The van der Waals surface area contributed by atoms with Gasteiger partial charge in [-0.05, 0) is 23.3 Å². The summed E-state index contributed by atoms with van der Waals surface area (Å²) in [5.41, 5.74) is 0. The van der Waals surface area contributed by atoms with E-state index in [1.165, 1.54) is 0 Å². The number of aromatic nitrogens is 4. The third-order valence-electron chi connectivity index (χ3n) is 2.86. The van der Waals surface area contributed by atoms with Gasteiger partial charge in [0.2, 0.25) is 0 Å². The first-order valence-corrected chi connectivity index (χ1v) is 5.96. The Morgan fingerprint density at radius 2 is 2.29 bits per heavy atom. The van der Waals surface area contributed by atoms with Crippen LogP contribution in [0, 0.1) is 0 Å². The fourth-order valence-corrected chi connectivity index (χ4v) is 1.92. The highest BCUT2D eigenvalue weighted by atomic mass is 16.5. The van der Waals surface area contributed by atoms with Crippen LogP contribution in [0.25, 0.3) is 0 Å². The summed E-state index contributed by atoms with van der Waals surface area (Å²) in [5, 5.41) is 15.1. The second kappa shape index (κ2) is 6.63. The number of ether oxygens (including phenoxy) is 2. The van der Waals surface area contributed by atoms with Crippen molar-refractivity contribution in [2.75, 3.05) is 33.5 Å². The molecule has 0 aromatic carbocycles. The molecule has 1 saturated heterocycles. The maximum atomic E-state index is 5.34. The molecule has 1 fully saturated rings. The van der Waals surface area contributed by atoms with Gasteiger partial charge >= 0.3 is 0 Å². The lowest BCUT2D eigenvalue weighted by atomic mass is 10.1. The van der Waals surface area contributed by atoms with E-state index in [0.29, 0.717) is 19.2 Å². The normalized spacial score (nSPS) is 17.5. The quantitative estimate of drug-likeness (QED) is 0.693. The van der Waals surface area contributed by atoms with Crippen molar-refractivity contribution in [1.29, 1.82) is 0 Å². The Labute approximate surface area is 100 Å². The van der Waals surface area contributed by atoms with Crippen molar-refractivity contribution in [2.24, 2.45) is 0 Å². The van der Waals surface area contributed by atoms with Crippen LogP contribution in [-0.4, -0.2) is 53.7 Å². The Morgan fingerprint density at radius 3 is 3.06 bits per heavy atom. The van der Waals surface area contributed by atoms with E-state index in [0.717, 1.165) is 38.4 Å². The van der Waals surface area contributed by atoms with Crippen LogP contribution in [0.3, 0.4) is 0 Å². The molecule has 96 valence electrons. The van der Waals surface area contributed by atoms with Crippen molar-refractivity contribution in [3.8, 4) is 0 Å². The Hall–Kier alpha value is -1.05. The topological polar surface area (TPSA) is 74.1 Å². The van der Waals surface area contributed by atoms with E-state index in [1.807, 2.05) is 4.68 Å². The van der Waals surface area contributed by atoms with Crippen molar-refractivity contribution in [2.45, 2.75) is 25.4 Å². The molecule has 1 aromatic rings. The first-order valence-electron chi connectivity index (χ1n) is 5.96. The zero-order chi connectivity index (χ0) is 11.9. The Kier molecular flexibility index (Phi) is 4.84. The first-order chi connectivity index (χ1) is 8.42. The highest BCUT2D eigenvalue weighted by Crippen LogP contribution is 2.20. The summed E-state index contributed by atoms with van der Waals surface area (Å²) in [7, 11) is 1.69. The minimum absolute atomic E-state index is 0.373. The van der Waals surface area contributed by atoms with E-state index in [9.17, 15) is 0 Å². The summed E-state index contributed by atoms with van der Waals surface area (Å²) < 4.78 is 12.2. The number of tetrazole rings is 1. The number of nitrogens with zero attached hydrogens (tertiary/aromatic N) is 4. The molecule has 0 saturated carbocycles. The molecule has 1 aliphatic heterocycles. The lowest BCUT2D eigenvalue weighted by Crippen LogP contribution is -2.26. The van der Waals surface area contributed by atoms with Gasteiger partial charge in [0.05, 0.1) is 19.2 Å². The molecule has 0 bridgehead atoms. The molecule has 1 aliphatic rings. The van der Waals surface area contributed by atoms with Crippen LogP contribution in [0.5, 0.6) is 0 Å². The number of methoxy groups -OCH3 is 1. The predicted octanol–water partition coefficient (Wildman–Crippen LogP) is -0.239. The van der Waals surface area contributed by atoms with Crippen LogP contribution in [-0.2, 0) is 16.0 Å².